The van der Waals surface area contributed by atoms with Crippen molar-refractivity contribution in [3.05, 3.63) is 41.4 Å². The van der Waals surface area contributed by atoms with Crippen LogP contribution in [0.25, 0.3) is 0 Å². The highest BCUT2D eigenvalue weighted by Crippen LogP contribution is 2.40. The fraction of sp³-hybridized carbons (Fsp3) is 0.783. The van der Waals surface area contributed by atoms with E-state index in [1.54, 1.807) is 0 Å². The molecule has 2 heterocycles. The molecule has 0 saturated heterocycles. The zero-order valence-electron chi connectivity index (χ0n) is 34.5. The molecule has 0 saturated carbocycles. The van der Waals surface area contributed by atoms with Gasteiger partial charge in [0.15, 0.2) is 12.4 Å². The molecule has 0 bridgehead atoms. The second-order valence-electron chi connectivity index (χ2n) is 15.5. The Kier molecular flexibility index (Phi) is 26.2. The van der Waals surface area contributed by atoms with Crippen LogP contribution in [0.15, 0.2) is 40.8 Å². The predicted octanol–water partition coefficient (Wildman–Crippen LogP) is 12.7. The van der Waals surface area contributed by atoms with Crippen LogP contribution in [0.2, 0.25) is 0 Å². The van der Waals surface area contributed by atoms with Crippen molar-refractivity contribution in [2.75, 3.05) is 13.2 Å². The maximum Gasteiger partial charge on any atom is 0.336 e. The van der Waals surface area contributed by atoms with Gasteiger partial charge in [-0.3, -0.25) is 9.79 Å². The van der Waals surface area contributed by atoms with Gasteiger partial charge in [0.1, 0.15) is 12.5 Å². The average molecular weight is 724 g/mol. The number of rotatable bonds is 32. The normalized spacial score (nSPS) is 15.9. The second kappa shape index (κ2) is 29.9. The van der Waals surface area contributed by atoms with Crippen molar-refractivity contribution < 1.29 is 23.6 Å². The topological polar surface area (TPSA) is 68.8 Å². The zero-order chi connectivity index (χ0) is 37.7. The monoisotopic (exact) mass is 724 g/mol. The van der Waals surface area contributed by atoms with Crippen LogP contribution in [0, 0.1) is 5.92 Å². The van der Waals surface area contributed by atoms with Gasteiger partial charge in [-0.25, -0.2) is 9.36 Å². The summed E-state index contributed by atoms with van der Waals surface area (Å²) >= 11 is 0. The lowest BCUT2D eigenvalue weighted by atomic mass is 9.76. The molecule has 6 nitrogen and oxygen atoms in total. The van der Waals surface area contributed by atoms with Crippen molar-refractivity contribution in [3.63, 3.8) is 0 Å². The van der Waals surface area contributed by atoms with E-state index in [0.29, 0.717) is 30.2 Å². The zero-order valence-corrected chi connectivity index (χ0v) is 34.5. The first-order chi connectivity index (χ1) is 25.4. The molecule has 0 aliphatic carbocycles. The summed E-state index contributed by atoms with van der Waals surface area (Å²) in [6.07, 6.45) is 36.6. The largest absolute Gasteiger partial charge is 0.465 e. The SMILES string of the molecule is CCCCCCCCCCCCCCOC(=O)C1=C(C)N=C(C)C(C(=O)OCCCCCCCCCCCCCC)C1c1ccc[n+](CCCC)c1. The third-order valence-corrected chi connectivity index (χ3v) is 10.8. The van der Waals surface area contributed by atoms with Crippen LogP contribution in [-0.4, -0.2) is 30.9 Å². The molecule has 0 aromatic carbocycles. The van der Waals surface area contributed by atoms with Crippen LogP contribution in [0.5, 0.6) is 0 Å². The number of aromatic nitrogens is 1. The number of pyridine rings is 1. The van der Waals surface area contributed by atoms with E-state index in [1.165, 1.54) is 128 Å². The third kappa shape index (κ3) is 19.0. The quantitative estimate of drug-likeness (QED) is 0.0421. The van der Waals surface area contributed by atoms with E-state index >= 15 is 0 Å². The van der Waals surface area contributed by atoms with Gasteiger partial charge in [-0.15, -0.1) is 0 Å². The molecule has 52 heavy (non-hydrogen) atoms. The number of aryl methyl sites for hydroxylation is 1. The van der Waals surface area contributed by atoms with Crippen molar-refractivity contribution in [3.8, 4) is 0 Å². The Morgan fingerprint density at radius 1 is 0.615 bits per heavy atom. The van der Waals surface area contributed by atoms with Crippen LogP contribution >= 0.6 is 0 Å². The lowest BCUT2D eigenvalue weighted by molar-refractivity contribution is -0.697. The smallest absolute Gasteiger partial charge is 0.336 e. The van der Waals surface area contributed by atoms with Crippen LogP contribution in [0.3, 0.4) is 0 Å². The maximum atomic E-state index is 13.8. The first kappa shape index (κ1) is 45.7. The van der Waals surface area contributed by atoms with Crippen LogP contribution in [-0.2, 0) is 25.6 Å². The van der Waals surface area contributed by atoms with Gasteiger partial charge in [0.25, 0.3) is 0 Å². The lowest BCUT2D eigenvalue weighted by Gasteiger charge is -2.31. The second-order valence-corrected chi connectivity index (χ2v) is 15.5. The number of unbranched alkanes of at least 4 members (excludes halogenated alkanes) is 23. The number of allylic oxidation sites excluding steroid dienone is 1. The molecule has 2 rings (SSSR count). The van der Waals surface area contributed by atoms with Crippen LogP contribution in [0.4, 0.5) is 0 Å². The minimum Gasteiger partial charge on any atom is -0.465 e. The molecule has 1 aromatic rings. The van der Waals surface area contributed by atoms with E-state index in [0.717, 1.165) is 50.6 Å². The fourth-order valence-corrected chi connectivity index (χ4v) is 7.56. The fourth-order valence-electron chi connectivity index (χ4n) is 7.56. The molecule has 0 spiro atoms. The summed E-state index contributed by atoms with van der Waals surface area (Å²) in [5, 5.41) is 0. The van der Waals surface area contributed by atoms with Crippen molar-refractivity contribution in [2.24, 2.45) is 10.9 Å². The molecule has 1 aromatic heterocycles. The summed E-state index contributed by atoms with van der Waals surface area (Å²) in [5.41, 5.74) is 2.75. The Hall–Kier alpha value is -2.50. The summed E-state index contributed by atoms with van der Waals surface area (Å²) < 4.78 is 14.0. The average Bonchev–Trinajstić information content (AvgIpc) is 3.14. The molecule has 1 aliphatic rings. The van der Waals surface area contributed by atoms with E-state index < -0.39 is 11.8 Å². The number of esters is 2. The first-order valence-electron chi connectivity index (χ1n) is 22.0. The lowest BCUT2D eigenvalue weighted by Crippen LogP contribution is -2.39. The van der Waals surface area contributed by atoms with Crippen LogP contribution < -0.4 is 4.57 Å². The number of carbonyl (C=O) groups excluding carboxylic acids is 2. The minimum atomic E-state index is -0.655. The van der Waals surface area contributed by atoms with E-state index in [-0.39, 0.29) is 11.9 Å². The number of aliphatic imine (C=N–C) groups is 1. The Bertz CT molecular complexity index is 1160. The van der Waals surface area contributed by atoms with Gasteiger partial charge in [-0.05, 0) is 32.8 Å². The van der Waals surface area contributed by atoms with E-state index in [4.69, 9.17) is 14.5 Å². The van der Waals surface area contributed by atoms with Crippen molar-refractivity contribution >= 4 is 17.7 Å². The molecule has 2 unspecified atom stereocenters. The van der Waals surface area contributed by atoms with E-state index in [1.807, 2.05) is 26.0 Å². The van der Waals surface area contributed by atoms with Gasteiger partial charge in [0.2, 0.25) is 0 Å². The van der Waals surface area contributed by atoms with E-state index in [9.17, 15) is 9.59 Å². The number of ether oxygens (including phenoxy) is 2. The van der Waals surface area contributed by atoms with Gasteiger partial charge >= 0.3 is 11.9 Å². The van der Waals surface area contributed by atoms with Crippen molar-refractivity contribution in [2.45, 2.75) is 214 Å². The predicted molar refractivity (Wildman–Crippen MR) is 218 cm³/mol. The molecule has 1 aliphatic heterocycles. The highest BCUT2D eigenvalue weighted by molar-refractivity contribution is 6.07. The minimum absolute atomic E-state index is 0.294. The third-order valence-electron chi connectivity index (χ3n) is 10.8. The molecule has 6 heteroatoms. The van der Waals surface area contributed by atoms with Gasteiger partial charge in [0, 0.05) is 35.4 Å². The molecular weight excluding hydrogens is 645 g/mol. The summed E-state index contributed by atoms with van der Waals surface area (Å²) in [5.74, 6) is -1.80. The first-order valence-corrected chi connectivity index (χ1v) is 22.0. The Morgan fingerprint density at radius 2 is 1.06 bits per heavy atom. The van der Waals surface area contributed by atoms with Gasteiger partial charge in [-0.1, -0.05) is 168 Å². The number of nitrogens with zero attached hydrogens (tertiary/aromatic N) is 2. The number of hydrogen-bond acceptors (Lipinski definition) is 5. The molecule has 296 valence electrons. The molecule has 0 amide bonds. The number of carbonyl (C=O) groups is 2. The molecule has 2 atom stereocenters. The van der Waals surface area contributed by atoms with Gasteiger partial charge < -0.3 is 9.47 Å². The Labute approximate surface area is 320 Å². The molecule has 0 N–H and O–H groups in total. The van der Waals surface area contributed by atoms with Crippen molar-refractivity contribution in [1.29, 1.82) is 0 Å². The van der Waals surface area contributed by atoms with Gasteiger partial charge in [-0.2, -0.15) is 0 Å². The molecular formula is C46H79N2O4+. The Morgan fingerprint density at radius 3 is 1.54 bits per heavy atom. The highest BCUT2D eigenvalue weighted by Gasteiger charge is 2.43. The van der Waals surface area contributed by atoms with Crippen LogP contribution in [0.1, 0.15) is 213 Å². The van der Waals surface area contributed by atoms with E-state index in [2.05, 4.69) is 37.7 Å². The molecule has 0 radical (unpaired) electrons. The van der Waals surface area contributed by atoms with Crippen molar-refractivity contribution in [1.82, 2.24) is 0 Å². The summed E-state index contributed by atoms with van der Waals surface area (Å²) in [6.45, 7) is 12.2. The summed E-state index contributed by atoms with van der Waals surface area (Å²) in [7, 11) is 0. The maximum absolute atomic E-state index is 13.8. The summed E-state index contributed by atoms with van der Waals surface area (Å²) in [6, 6.07) is 4.05. The molecule has 0 fully saturated rings. The number of hydrogen-bond donors (Lipinski definition) is 0. The highest BCUT2D eigenvalue weighted by atomic mass is 16.5. The standard InChI is InChI=1S/C46H79N2O4/c1-6-9-12-14-16-18-20-22-24-26-28-30-36-51-45(49)42-39(4)47-40(5)43(44(42)41-33-32-35-48(38-41)34-11-8-3)46(50)52-37-31-29-27-25-23-21-19-17-15-13-10-7-2/h32-33,35,38,42,44H,6-31,34,36-37H2,1-5H3/q+1. The van der Waals surface area contributed by atoms with Gasteiger partial charge in [0.05, 0.1) is 18.8 Å². The summed E-state index contributed by atoms with van der Waals surface area (Å²) in [4.78, 5) is 32.4. The Balaban J connectivity index is 1.91.